The first-order valence-electron chi connectivity index (χ1n) is 7.59. The Kier molecular flexibility index (Phi) is 5.14. The maximum atomic E-state index is 12.4. The van der Waals surface area contributed by atoms with Gasteiger partial charge in [0.25, 0.3) is 0 Å². The van der Waals surface area contributed by atoms with Crippen LogP contribution < -0.4 is 10.6 Å². The van der Waals surface area contributed by atoms with Crippen molar-refractivity contribution in [2.75, 3.05) is 29.5 Å². The number of nitrogens with two attached hydrogens (primary N) is 1. The van der Waals surface area contributed by atoms with Gasteiger partial charge < -0.3 is 10.6 Å². The molecule has 1 fully saturated rings. The lowest BCUT2D eigenvalue weighted by Crippen LogP contribution is -2.35. The lowest BCUT2D eigenvalue weighted by atomic mass is 9.87. The van der Waals surface area contributed by atoms with Gasteiger partial charge in [-0.3, -0.25) is 0 Å². The summed E-state index contributed by atoms with van der Waals surface area (Å²) in [7, 11) is -3.33. The quantitative estimate of drug-likeness (QED) is 0.898. The zero-order valence-electron chi connectivity index (χ0n) is 13.0. The smallest absolute Gasteiger partial charge is 0.185 e. The highest BCUT2D eigenvalue weighted by Gasteiger charge is 2.30. The molecule has 0 aliphatic carbocycles. The van der Waals surface area contributed by atoms with Crippen LogP contribution in [-0.4, -0.2) is 31.6 Å². The highest BCUT2D eigenvalue weighted by atomic mass is 32.2. The van der Waals surface area contributed by atoms with Gasteiger partial charge in [0.05, 0.1) is 5.75 Å². The van der Waals surface area contributed by atoms with Crippen LogP contribution in [0.4, 0.5) is 10.8 Å². The average Bonchev–Trinajstić information content (AvgIpc) is 2.81. The molecule has 0 atom stereocenters. The van der Waals surface area contributed by atoms with E-state index in [0.29, 0.717) is 12.3 Å². The molecule has 1 aromatic heterocycles. The fraction of sp³-hybridized carbons (Fsp3) is 0.786. The Morgan fingerprint density at radius 3 is 2.52 bits per heavy atom. The molecule has 0 unspecified atom stereocenters. The van der Waals surface area contributed by atoms with Gasteiger partial charge in [-0.2, -0.15) is 4.37 Å². The second kappa shape index (κ2) is 6.52. The van der Waals surface area contributed by atoms with Crippen molar-refractivity contribution in [3.8, 4) is 0 Å². The van der Waals surface area contributed by atoms with Crippen LogP contribution in [-0.2, 0) is 9.84 Å². The van der Waals surface area contributed by atoms with Crippen molar-refractivity contribution >= 4 is 32.2 Å². The van der Waals surface area contributed by atoms with E-state index in [2.05, 4.69) is 23.1 Å². The van der Waals surface area contributed by atoms with E-state index in [1.54, 1.807) is 0 Å². The van der Waals surface area contributed by atoms with Gasteiger partial charge in [-0.05, 0) is 42.6 Å². The number of nitrogens with zero attached hydrogens (tertiary/aromatic N) is 2. The van der Waals surface area contributed by atoms with Crippen LogP contribution in [0.5, 0.6) is 0 Å². The number of anilines is 2. The number of piperidine rings is 1. The number of nitrogen functional groups attached to an aromatic ring is 1. The number of aromatic nitrogens is 1. The summed E-state index contributed by atoms with van der Waals surface area (Å²) in [6.07, 6.45) is 2.79. The van der Waals surface area contributed by atoms with Gasteiger partial charge in [0.1, 0.15) is 9.90 Å². The third kappa shape index (κ3) is 3.51. The van der Waals surface area contributed by atoms with Crippen molar-refractivity contribution in [1.29, 1.82) is 0 Å². The Bertz CT molecular complexity index is 573. The predicted octanol–water partition coefficient (Wildman–Crippen LogP) is 2.78. The Balaban J connectivity index is 2.23. The van der Waals surface area contributed by atoms with Gasteiger partial charge in [-0.15, -0.1) is 0 Å². The zero-order valence-corrected chi connectivity index (χ0v) is 14.6. The maximum absolute atomic E-state index is 12.4. The Labute approximate surface area is 131 Å². The molecule has 1 aromatic rings. The first-order chi connectivity index (χ1) is 9.86. The largest absolute Gasteiger partial charge is 0.382 e. The lowest BCUT2D eigenvalue weighted by molar-refractivity contribution is 0.311. The third-order valence-corrected chi connectivity index (χ3v) is 7.23. The summed E-state index contributed by atoms with van der Waals surface area (Å²) in [5.41, 5.74) is 5.83. The summed E-state index contributed by atoms with van der Waals surface area (Å²) in [4.78, 5) is 2.41. The molecule has 21 heavy (non-hydrogen) atoms. The molecule has 0 saturated carbocycles. The molecule has 120 valence electrons. The van der Waals surface area contributed by atoms with E-state index in [4.69, 9.17) is 5.73 Å². The molecule has 0 spiro atoms. The van der Waals surface area contributed by atoms with Crippen molar-refractivity contribution in [2.45, 2.75) is 44.9 Å². The average molecular weight is 332 g/mol. The van der Waals surface area contributed by atoms with Crippen molar-refractivity contribution in [3.63, 3.8) is 0 Å². The topological polar surface area (TPSA) is 76.3 Å². The van der Waals surface area contributed by atoms with Crippen LogP contribution in [0, 0.1) is 11.8 Å². The van der Waals surface area contributed by atoms with Crippen molar-refractivity contribution in [3.05, 3.63) is 0 Å². The first kappa shape index (κ1) is 16.5. The van der Waals surface area contributed by atoms with Gasteiger partial charge in [0.2, 0.25) is 0 Å². The molecule has 0 aromatic carbocycles. The van der Waals surface area contributed by atoms with Crippen molar-refractivity contribution in [1.82, 2.24) is 4.37 Å². The maximum Gasteiger partial charge on any atom is 0.185 e. The number of sulfone groups is 1. The van der Waals surface area contributed by atoms with Gasteiger partial charge in [-0.25, -0.2) is 8.42 Å². The van der Waals surface area contributed by atoms with Crippen LogP contribution in [0.1, 0.15) is 40.0 Å². The molecule has 2 heterocycles. The number of rotatable bonds is 5. The Hall–Kier alpha value is -0.820. The third-order valence-electron chi connectivity index (χ3n) is 4.21. The van der Waals surface area contributed by atoms with Crippen LogP contribution in [0.3, 0.4) is 0 Å². The summed E-state index contributed by atoms with van der Waals surface area (Å²) >= 11 is 1.22. The molecule has 5 nitrogen and oxygen atoms in total. The van der Waals surface area contributed by atoms with E-state index in [0.717, 1.165) is 36.9 Å². The lowest BCUT2D eigenvalue weighted by Gasteiger charge is -2.34. The zero-order chi connectivity index (χ0) is 15.6. The van der Waals surface area contributed by atoms with E-state index in [-0.39, 0.29) is 16.5 Å². The summed E-state index contributed by atoms with van der Waals surface area (Å²) in [6, 6.07) is 0. The predicted molar refractivity (Wildman–Crippen MR) is 88.6 cm³/mol. The van der Waals surface area contributed by atoms with Crippen molar-refractivity contribution < 1.29 is 8.42 Å². The second-order valence-electron chi connectivity index (χ2n) is 6.09. The van der Waals surface area contributed by atoms with E-state index in [1.165, 1.54) is 11.5 Å². The molecule has 1 aliphatic heterocycles. The highest BCUT2D eigenvalue weighted by molar-refractivity contribution is 7.91. The van der Waals surface area contributed by atoms with Crippen LogP contribution >= 0.6 is 11.5 Å². The molecule has 0 amide bonds. The molecule has 0 radical (unpaired) electrons. The first-order valence-corrected chi connectivity index (χ1v) is 10.0. The van der Waals surface area contributed by atoms with E-state index in [1.807, 2.05) is 6.92 Å². The highest BCUT2D eigenvalue weighted by Crippen LogP contribution is 2.38. The van der Waals surface area contributed by atoms with Crippen LogP contribution in [0.15, 0.2) is 4.90 Å². The van der Waals surface area contributed by atoms with Gasteiger partial charge in [0, 0.05) is 13.1 Å². The summed E-state index contributed by atoms with van der Waals surface area (Å²) < 4.78 is 28.9. The number of hydrogen-bond donors (Lipinski definition) is 1. The molecular formula is C14H25N3O2S2. The molecule has 2 rings (SSSR count). The molecule has 0 bridgehead atoms. The van der Waals surface area contributed by atoms with Crippen molar-refractivity contribution in [2.24, 2.45) is 11.8 Å². The summed E-state index contributed by atoms with van der Waals surface area (Å²) in [6.45, 7) is 8.14. The molecule has 1 aliphatic rings. The van der Waals surface area contributed by atoms with Crippen LogP contribution in [0.2, 0.25) is 0 Å². The minimum Gasteiger partial charge on any atom is -0.382 e. The molecule has 1 saturated heterocycles. The monoisotopic (exact) mass is 331 g/mol. The number of hydrogen-bond acceptors (Lipinski definition) is 6. The van der Waals surface area contributed by atoms with Gasteiger partial charge in [-0.1, -0.05) is 20.8 Å². The minimum atomic E-state index is -3.33. The summed E-state index contributed by atoms with van der Waals surface area (Å²) in [5.74, 6) is 1.70. The second-order valence-corrected chi connectivity index (χ2v) is 8.89. The standard InChI is InChI=1S/C14H25N3O2S2/c1-4-9-21(18,19)12-13(15)16-20-14(12)17-7-5-11(6-8-17)10(2)3/h10-11H,4-9H2,1-3H3,(H2,15,16). The molecular weight excluding hydrogens is 306 g/mol. The fourth-order valence-corrected chi connectivity index (χ4v) is 5.73. The van der Waals surface area contributed by atoms with Crippen LogP contribution in [0.25, 0.3) is 0 Å². The fourth-order valence-electron chi connectivity index (χ4n) is 2.92. The van der Waals surface area contributed by atoms with Gasteiger partial charge in [0.15, 0.2) is 15.7 Å². The molecule has 2 N–H and O–H groups in total. The summed E-state index contributed by atoms with van der Waals surface area (Å²) in [5, 5.41) is 0.739. The Morgan fingerprint density at radius 1 is 1.38 bits per heavy atom. The van der Waals surface area contributed by atoms with E-state index in [9.17, 15) is 8.42 Å². The van der Waals surface area contributed by atoms with E-state index < -0.39 is 9.84 Å². The Morgan fingerprint density at radius 2 is 2.00 bits per heavy atom. The SMILES string of the molecule is CCCS(=O)(=O)c1c(N)nsc1N1CCC(C(C)C)CC1. The molecule has 7 heteroatoms. The minimum absolute atomic E-state index is 0.130. The normalized spacial score (nSPS) is 17.6. The van der Waals surface area contributed by atoms with E-state index >= 15 is 0 Å². The van der Waals surface area contributed by atoms with Gasteiger partial charge >= 0.3 is 0 Å².